The van der Waals surface area contributed by atoms with E-state index in [1.165, 1.54) is 30.5 Å². The maximum absolute atomic E-state index is 11.8. The number of benzene rings is 2. The molecule has 0 radical (unpaired) electrons. The van der Waals surface area contributed by atoms with Crippen LogP contribution in [-0.2, 0) is 10.0 Å². The van der Waals surface area contributed by atoms with Gasteiger partial charge in [0, 0.05) is 5.56 Å². The van der Waals surface area contributed by atoms with Crippen molar-refractivity contribution in [1.29, 1.82) is 0 Å². The van der Waals surface area contributed by atoms with Gasteiger partial charge in [0.05, 0.1) is 11.1 Å². The first-order valence-electron chi connectivity index (χ1n) is 6.39. The number of hydrazone groups is 1. The number of nitrogens with one attached hydrogen (secondary N) is 1. The monoisotopic (exact) mass is 317 g/mol. The molecular formula is C15H15N3O3S. The molecule has 114 valence electrons. The van der Waals surface area contributed by atoms with Gasteiger partial charge in [-0.15, -0.1) is 0 Å². The zero-order valence-corrected chi connectivity index (χ0v) is 12.7. The van der Waals surface area contributed by atoms with Gasteiger partial charge in [-0.05, 0) is 36.8 Å². The van der Waals surface area contributed by atoms with Crippen LogP contribution in [0.15, 0.2) is 58.5 Å². The van der Waals surface area contributed by atoms with E-state index in [0.717, 1.165) is 11.1 Å². The number of carbonyl (C=O) groups is 1. The van der Waals surface area contributed by atoms with Crippen molar-refractivity contribution in [3.8, 4) is 0 Å². The van der Waals surface area contributed by atoms with Crippen molar-refractivity contribution in [2.45, 2.75) is 11.8 Å². The highest BCUT2D eigenvalue weighted by molar-refractivity contribution is 7.89. The van der Waals surface area contributed by atoms with Crippen LogP contribution in [0.3, 0.4) is 0 Å². The smallest absolute Gasteiger partial charge is 0.267 e. The third-order valence-electron chi connectivity index (χ3n) is 2.90. The zero-order chi connectivity index (χ0) is 16.2. The van der Waals surface area contributed by atoms with E-state index in [1.54, 1.807) is 0 Å². The minimum atomic E-state index is -3.76. The molecule has 0 fully saturated rings. The van der Waals surface area contributed by atoms with Crippen LogP contribution >= 0.6 is 0 Å². The van der Waals surface area contributed by atoms with Crippen LogP contribution in [-0.4, -0.2) is 20.5 Å². The fourth-order valence-electron chi connectivity index (χ4n) is 1.68. The van der Waals surface area contributed by atoms with Crippen LogP contribution in [0.25, 0.3) is 0 Å². The third-order valence-corrected chi connectivity index (χ3v) is 3.83. The minimum Gasteiger partial charge on any atom is -0.267 e. The first-order valence-corrected chi connectivity index (χ1v) is 7.94. The molecule has 0 bridgehead atoms. The van der Waals surface area contributed by atoms with Gasteiger partial charge in [-0.25, -0.2) is 19.0 Å². The molecule has 7 heteroatoms. The van der Waals surface area contributed by atoms with E-state index in [-0.39, 0.29) is 10.5 Å². The number of rotatable bonds is 4. The van der Waals surface area contributed by atoms with Crippen molar-refractivity contribution in [2.24, 2.45) is 10.2 Å². The fourth-order valence-corrected chi connectivity index (χ4v) is 2.19. The molecular weight excluding hydrogens is 302 g/mol. The normalized spacial score (nSPS) is 11.5. The molecule has 0 saturated heterocycles. The Morgan fingerprint density at radius 3 is 2.23 bits per heavy atom. The summed E-state index contributed by atoms with van der Waals surface area (Å²) in [6.07, 6.45) is 1.52. The summed E-state index contributed by atoms with van der Waals surface area (Å²) in [6.45, 7) is 1.98. The van der Waals surface area contributed by atoms with Gasteiger partial charge in [-0.3, -0.25) is 4.79 Å². The highest BCUT2D eigenvalue weighted by atomic mass is 32.2. The van der Waals surface area contributed by atoms with Crippen LogP contribution in [0.5, 0.6) is 0 Å². The number of nitrogens with two attached hydrogens (primary N) is 1. The molecule has 0 saturated carbocycles. The van der Waals surface area contributed by atoms with E-state index >= 15 is 0 Å². The van der Waals surface area contributed by atoms with Crippen molar-refractivity contribution in [1.82, 2.24) is 5.43 Å². The van der Waals surface area contributed by atoms with Crippen LogP contribution in [0.1, 0.15) is 21.5 Å². The lowest BCUT2D eigenvalue weighted by atomic mass is 10.2. The summed E-state index contributed by atoms with van der Waals surface area (Å²) in [6, 6.07) is 12.9. The topological polar surface area (TPSA) is 102 Å². The lowest BCUT2D eigenvalue weighted by Gasteiger charge is -2.01. The van der Waals surface area contributed by atoms with Gasteiger partial charge in [-0.2, -0.15) is 5.10 Å². The number of amides is 1. The Balaban J connectivity index is 2.02. The lowest BCUT2D eigenvalue weighted by Crippen LogP contribution is -2.18. The van der Waals surface area contributed by atoms with Gasteiger partial charge in [-0.1, -0.05) is 29.8 Å². The van der Waals surface area contributed by atoms with E-state index in [4.69, 9.17) is 5.14 Å². The predicted molar refractivity (Wildman–Crippen MR) is 84.1 cm³/mol. The van der Waals surface area contributed by atoms with Crippen LogP contribution in [0.2, 0.25) is 0 Å². The second-order valence-electron chi connectivity index (χ2n) is 4.68. The standard InChI is InChI=1S/C15H15N3O3S/c1-11-2-4-12(5-3-11)10-17-18-15(19)13-6-8-14(9-7-13)22(16,20)21/h2-10H,1H3,(H,18,19)(H2,16,20,21). The van der Waals surface area contributed by atoms with Gasteiger partial charge in [0.2, 0.25) is 10.0 Å². The Labute approximate surface area is 128 Å². The average molecular weight is 317 g/mol. The highest BCUT2D eigenvalue weighted by Gasteiger charge is 2.09. The molecule has 1 amide bonds. The highest BCUT2D eigenvalue weighted by Crippen LogP contribution is 2.08. The molecule has 0 atom stereocenters. The third kappa shape index (κ3) is 4.24. The molecule has 0 spiro atoms. The van der Waals surface area contributed by atoms with E-state index in [2.05, 4.69) is 10.5 Å². The summed E-state index contributed by atoms with van der Waals surface area (Å²) in [4.78, 5) is 11.8. The Morgan fingerprint density at radius 1 is 1.09 bits per heavy atom. The van der Waals surface area contributed by atoms with Gasteiger partial charge < -0.3 is 0 Å². The molecule has 0 aromatic heterocycles. The molecule has 0 aliphatic heterocycles. The van der Waals surface area contributed by atoms with E-state index in [1.807, 2.05) is 31.2 Å². The number of carbonyl (C=O) groups excluding carboxylic acids is 1. The molecule has 22 heavy (non-hydrogen) atoms. The maximum Gasteiger partial charge on any atom is 0.271 e. The number of primary sulfonamides is 1. The van der Waals surface area contributed by atoms with Crippen molar-refractivity contribution >= 4 is 22.1 Å². The number of aryl methyl sites for hydroxylation is 1. The largest absolute Gasteiger partial charge is 0.271 e. The molecule has 3 N–H and O–H groups in total. The Kier molecular flexibility index (Phi) is 4.69. The van der Waals surface area contributed by atoms with E-state index in [0.29, 0.717) is 0 Å². The fraction of sp³-hybridized carbons (Fsp3) is 0.0667. The summed E-state index contributed by atoms with van der Waals surface area (Å²) >= 11 is 0. The molecule has 2 aromatic carbocycles. The first kappa shape index (κ1) is 15.9. The minimum absolute atomic E-state index is 0.0489. The molecule has 2 aromatic rings. The summed E-state index contributed by atoms with van der Waals surface area (Å²) in [5.41, 5.74) is 4.65. The van der Waals surface area contributed by atoms with Crippen molar-refractivity contribution in [3.63, 3.8) is 0 Å². The second-order valence-corrected chi connectivity index (χ2v) is 6.24. The number of nitrogens with zero attached hydrogens (tertiary/aromatic N) is 1. The molecule has 2 rings (SSSR count). The van der Waals surface area contributed by atoms with E-state index in [9.17, 15) is 13.2 Å². The van der Waals surface area contributed by atoms with Crippen LogP contribution < -0.4 is 10.6 Å². The summed E-state index contributed by atoms with van der Waals surface area (Å²) < 4.78 is 22.2. The Hall–Kier alpha value is -2.51. The van der Waals surface area contributed by atoms with Gasteiger partial charge in [0.25, 0.3) is 5.91 Å². The predicted octanol–water partition coefficient (Wildman–Crippen LogP) is 1.41. The molecule has 0 aliphatic carbocycles. The molecule has 6 nitrogen and oxygen atoms in total. The quantitative estimate of drug-likeness (QED) is 0.658. The van der Waals surface area contributed by atoms with Gasteiger partial charge >= 0.3 is 0 Å². The van der Waals surface area contributed by atoms with E-state index < -0.39 is 15.9 Å². The second kappa shape index (κ2) is 6.50. The van der Waals surface area contributed by atoms with Crippen molar-refractivity contribution < 1.29 is 13.2 Å². The zero-order valence-electron chi connectivity index (χ0n) is 11.9. The average Bonchev–Trinajstić information content (AvgIpc) is 2.48. The van der Waals surface area contributed by atoms with Crippen molar-refractivity contribution in [2.75, 3.05) is 0 Å². The molecule has 0 aliphatic rings. The first-order chi connectivity index (χ1) is 10.4. The maximum atomic E-state index is 11.8. The SMILES string of the molecule is Cc1ccc(C=NNC(=O)c2ccc(S(N)(=O)=O)cc2)cc1. The summed E-state index contributed by atoms with van der Waals surface area (Å²) in [7, 11) is -3.76. The number of sulfonamides is 1. The van der Waals surface area contributed by atoms with Crippen LogP contribution in [0, 0.1) is 6.92 Å². The Morgan fingerprint density at radius 2 is 1.68 bits per heavy atom. The Bertz CT molecular complexity index is 795. The molecule has 0 heterocycles. The summed E-state index contributed by atoms with van der Waals surface area (Å²) in [5.74, 6) is -0.440. The lowest BCUT2D eigenvalue weighted by molar-refractivity contribution is 0.0955. The number of hydrogen-bond acceptors (Lipinski definition) is 4. The van der Waals surface area contributed by atoms with Crippen molar-refractivity contribution in [3.05, 3.63) is 65.2 Å². The molecule has 0 unspecified atom stereocenters. The summed E-state index contributed by atoms with van der Waals surface area (Å²) in [5, 5.41) is 8.84. The van der Waals surface area contributed by atoms with Crippen LogP contribution in [0.4, 0.5) is 0 Å². The van der Waals surface area contributed by atoms with Gasteiger partial charge in [0.15, 0.2) is 0 Å². The number of hydrogen-bond donors (Lipinski definition) is 2. The van der Waals surface area contributed by atoms with Gasteiger partial charge in [0.1, 0.15) is 0 Å².